The highest BCUT2D eigenvalue weighted by molar-refractivity contribution is 7.99. The number of carbonyl (C=O) groups is 2. The molecule has 146 valence electrons. The van der Waals surface area contributed by atoms with E-state index in [-0.39, 0.29) is 17.1 Å². The number of nitrogens with one attached hydrogen (secondary N) is 1. The summed E-state index contributed by atoms with van der Waals surface area (Å²) in [5, 5.41) is 10.4. The summed E-state index contributed by atoms with van der Waals surface area (Å²) in [4.78, 5) is 24.2. The predicted octanol–water partition coefficient (Wildman–Crippen LogP) is 2.43. The summed E-state index contributed by atoms with van der Waals surface area (Å²) in [5.74, 6) is -0.580. The maximum Gasteiger partial charge on any atom is 0.239 e. The van der Waals surface area contributed by atoms with E-state index in [1.807, 2.05) is 57.5 Å². The van der Waals surface area contributed by atoms with Gasteiger partial charge in [-0.25, -0.2) is 0 Å². The molecular formula is C19H32N4O2S. The van der Waals surface area contributed by atoms with Crippen LogP contribution in [0.3, 0.4) is 0 Å². The number of thioether (sulfide) groups is 1. The van der Waals surface area contributed by atoms with Crippen LogP contribution in [0.1, 0.15) is 31.6 Å². The number of hydrogen-bond acceptors (Lipinski definition) is 5. The molecule has 1 aromatic rings. The molecule has 2 atom stereocenters. The molecule has 0 aliphatic rings. The van der Waals surface area contributed by atoms with Gasteiger partial charge in [-0.15, -0.1) is 11.8 Å². The molecule has 1 rings (SSSR count). The number of hydrogen-bond donors (Lipinski definition) is 2. The maximum absolute atomic E-state index is 12.0. The molecule has 26 heavy (non-hydrogen) atoms. The summed E-state index contributed by atoms with van der Waals surface area (Å²) < 4.78 is 0. The first-order valence-electron chi connectivity index (χ1n) is 8.48. The van der Waals surface area contributed by atoms with E-state index >= 15 is 0 Å². The number of rotatable bonds is 5. The fourth-order valence-corrected chi connectivity index (χ4v) is 2.45. The quantitative estimate of drug-likeness (QED) is 0.817. The van der Waals surface area contributed by atoms with Gasteiger partial charge >= 0.3 is 0 Å². The molecule has 0 bridgehead atoms. The van der Waals surface area contributed by atoms with E-state index in [4.69, 9.17) is 11.0 Å². The molecule has 0 saturated carbocycles. The summed E-state index contributed by atoms with van der Waals surface area (Å²) in [5.41, 5.74) is 5.93. The molecule has 0 radical (unpaired) electrons. The standard InChI is InChI=1S/C12H17NOS.C5H8N2O.C2H7N/c1-4-13(2)12(14)11(15-3)10-8-6-5-7-9-10;1-4(3-6)5(8)7-2;1-2-3/h5-9,11H,4H2,1-3H3;4H,1-2H3,(H,7,8);2-3H2,1H3. The average Bonchev–Trinajstić information content (AvgIpc) is 2.68. The Morgan fingerprint density at radius 3 is 2.12 bits per heavy atom. The molecule has 2 unspecified atom stereocenters. The second-order valence-corrected chi connectivity index (χ2v) is 6.19. The summed E-state index contributed by atoms with van der Waals surface area (Å²) in [6, 6.07) is 11.7. The minimum Gasteiger partial charge on any atom is -0.358 e. The van der Waals surface area contributed by atoms with Gasteiger partial charge in [0.25, 0.3) is 0 Å². The maximum atomic E-state index is 12.0. The van der Waals surface area contributed by atoms with Crippen LogP contribution in [-0.2, 0) is 9.59 Å². The fourth-order valence-electron chi connectivity index (χ4n) is 1.64. The SMILES string of the molecule is CCN.CCN(C)C(=O)C(SC)c1ccccc1.CNC(=O)C(C)C#N. The number of nitrogens with zero attached hydrogens (tertiary/aromatic N) is 2. The summed E-state index contributed by atoms with van der Waals surface area (Å²) >= 11 is 1.58. The Morgan fingerprint density at radius 1 is 1.31 bits per heavy atom. The van der Waals surface area contributed by atoms with E-state index in [0.29, 0.717) is 0 Å². The van der Waals surface area contributed by atoms with Crippen LogP contribution in [0, 0.1) is 17.2 Å². The zero-order valence-electron chi connectivity index (χ0n) is 16.7. The van der Waals surface area contributed by atoms with Crippen molar-refractivity contribution >= 4 is 23.6 Å². The van der Waals surface area contributed by atoms with Crippen molar-refractivity contribution < 1.29 is 9.59 Å². The van der Waals surface area contributed by atoms with Gasteiger partial charge in [-0.3, -0.25) is 9.59 Å². The first-order chi connectivity index (χ1) is 12.3. The van der Waals surface area contributed by atoms with Crippen LogP contribution in [0.4, 0.5) is 0 Å². The van der Waals surface area contributed by atoms with Crippen LogP contribution in [-0.4, -0.2) is 50.2 Å². The number of amides is 2. The topological polar surface area (TPSA) is 99.2 Å². The lowest BCUT2D eigenvalue weighted by Gasteiger charge is -2.21. The second-order valence-electron chi connectivity index (χ2n) is 5.25. The van der Waals surface area contributed by atoms with Gasteiger partial charge < -0.3 is 16.0 Å². The predicted molar refractivity (Wildman–Crippen MR) is 110 cm³/mol. The van der Waals surface area contributed by atoms with Gasteiger partial charge in [0, 0.05) is 20.6 Å². The highest BCUT2D eigenvalue weighted by Crippen LogP contribution is 2.27. The number of carbonyl (C=O) groups excluding carboxylic acids is 2. The normalized spacial score (nSPS) is 11.3. The monoisotopic (exact) mass is 380 g/mol. The van der Waals surface area contributed by atoms with Gasteiger partial charge in [0.15, 0.2) is 0 Å². The van der Waals surface area contributed by atoms with E-state index in [1.165, 1.54) is 7.05 Å². The summed E-state index contributed by atoms with van der Waals surface area (Å²) in [6.07, 6.45) is 1.97. The first kappa shape index (κ1) is 26.2. The molecular weight excluding hydrogens is 348 g/mol. The van der Waals surface area contributed by atoms with Crippen LogP contribution in [0.15, 0.2) is 30.3 Å². The highest BCUT2D eigenvalue weighted by atomic mass is 32.2. The smallest absolute Gasteiger partial charge is 0.239 e. The van der Waals surface area contributed by atoms with Gasteiger partial charge in [-0.2, -0.15) is 5.26 Å². The molecule has 0 aromatic heterocycles. The average molecular weight is 381 g/mol. The lowest BCUT2D eigenvalue weighted by atomic mass is 10.1. The molecule has 0 aliphatic carbocycles. The van der Waals surface area contributed by atoms with Crippen molar-refractivity contribution in [1.82, 2.24) is 10.2 Å². The van der Waals surface area contributed by atoms with Gasteiger partial charge in [-0.1, -0.05) is 37.3 Å². The Hall–Kier alpha value is -2.04. The molecule has 3 N–H and O–H groups in total. The minimum absolute atomic E-state index is 0.0730. The van der Waals surface area contributed by atoms with Crippen molar-refractivity contribution in [1.29, 1.82) is 5.26 Å². The Balaban J connectivity index is 0. The van der Waals surface area contributed by atoms with E-state index in [1.54, 1.807) is 29.7 Å². The molecule has 0 heterocycles. The van der Waals surface area contributed by atoms with Crippen LogP contribution in [0.2, 0.25) is 0 Å². The minimum atomic E-state index is -0.528. The van der Waals surface area contributed by atoms with Gasteiger partial charge in [0.05, 0.1) is 6.07 Å². The van der Waals surface area contributed by atoms with Crippen molar-refractivity contribution in [2.24, 2.45) is 11.7 Å². The number of likely N-dealkylation sites (N-methyl/N-ethyl adjacent to an activating group) is 1. The Morgan fingerprint density at radius 2 is 1.81 bits per heavy atom. The Bertz CT molecular complexity index is 546. The molecule has 6 nitrogen and oxygen atoms in total. The van der Waals surface area contributed by atoms with E-state index in [0.717, 1.165) is 18.7 Å². The molecule has 0 saturated heterocycles. The van der Waals surface area contributed by atoms with Crippen LogP contribution in [0.25, 0.3) is 0 Å². The van der Waals surface area contributed by atoms with Crippen LogP contribution >= 0.6 is 11.8 Å². The third kappa shape index (κ3) is 10.7. The number of nitriles is 1. The molecule has 2 amide bonds. The van der Waals surface area contributed by atoms with Crippen molar-refractivity contribution in [2.45, 2.75) is 26.0 Å². The number of benzene rings is 1. The third-order valence-corrected chi connectivity index (χ3v) is 4.19. The second kappa shape index (κ2) is 16.4. The molecule has 7 heteroatoms. The zero-order valence-corrected chi connectivity index (χ0v) is 17.5. The van der Waals surface area contributed by atoms with Gasteiger partial charge in [-0.05, 0) is 32.2 Å². The third-order valence-electron chi connectivity index (χ3n) is 3.25. The Kier molecular flexibility index (Phi) is 16.6. The van der Waals surface area contributed by atoms with E-state index in [2.05, 4.69) is 5.32 Å². The van der Waals surface area contributed by atoms with Crippen molar-refractivity contribution in [2.75, 3.05) is 33.4 Å². The molecule has 0 fully saturated rings. The lowest BCUT2D eigenvalue weighted by molar-refractivity contribution is -0.129. The van der Waals surface area contributed by atoms with E-state index < -0.39 is 5.92 Å². The summed E-state index contributed by atoms with van der Waals surface area (Å²) in [7, 11) is 3.35. The van der Waals surface area contributed by atoms with Crippen molar-refractivity contribution in [3.05, 3.63) is 35.9 Å². The Labute approximate surface area is 162 Å². The summed E-state index contributed by atoms with van der Waals surface area (Å²) in [6.45, 7) is 6.95. The van der Waals surface area contributed by atoms with Crippen molar-refractivity contribution in [3.63, 3.8) is 0 Å². The highest BCUT2D eigenvalue weighted by Gasteiger charge is 2.21. The first-order valence-corrected chi connectivity index (χ1v) is 9.77. The lowest BCUT2D eigenvalue weighted by Crippen LogP contribution is -2.30. The zero-order chi connectivity index (χ0) is 20.5. The van der Waals surface area contributed by atoms with Gasteiger partial charge in [0.1, 0.15) is 11.2 Å². The largest absolute Gasteiger partial charge is 0.358 e. The van der Waals surface area contributed by atoms with Crippen LogP contribution < -0.4 is 11.1 Å². The fraction of sp³-hybridized carbons (Fsp3) is 0.526. The van der Waals surface area contributed by atoms with Crippen LogP contribution in [0.5, 0.6) is 0 Å². The van der Waals surface area contributed by atoms with E-state index in [9.17, 15) is 9.59 Å². The number of nitrogens with two attached hydrogens (primary N) is 1. The molecule has 0 aliphatic heterocycles. The molecule has 1 aromatic carbocycles. The van der Waals surface area contributed by atoms with Gasteiger partial charge in [0.2, 0.25) is 11.8 Å². The molecule has 0 spiro atoms. The van der Waals surface area contributed by atoms with Crippen molar-refractivity contribution in [3.8, 4) is 6.07 Å².